The van der Waals surface area contributed by atoms with E-state index in [0.717, 1.165) is 0 Å². The standard InChI is InChI=1S/C13H17NO2/c1-10-4-5-11-6-7-14(12(11)8-10)9-13(15-2)16-3/h4-8,13H,9H2,1-3H3. The molecule has 0 spiro atoms. The van der Waals surface area contributed by atoms with Gasteiger partial charge in [-0.3, -0.25) is 0 Å². The molecule has 3 heteroatoms. The average molecular weight is 219 g/mol. The molecule has 0 atom stereocenters. The first-order chi connectivity index (χ1) is 7.74. The summed E-state index contributed by atoms with van der Waals surface area (Å²) in [6.45, 7) is 2.81. The number of nitrogens with zero attached hydrogens (tertiary/aromatic N) is 1. The van der Waals surface area contributed by atoms with Gasteiger partial charge in [-0.25, -0.2) is 0 Å². The average Bonchev–Trinajstić information content (AvgIpc) is 2.68. The van der Waals surface area contributed by atoms with E-state index in [2.05, 4.69) is 42.0 Å². The van der Waals surface area contributed by atoms with Gasteiger partial charge in [-0.05, 0) is 30.0 Å². The molecule has 0 fully saturated rings. The van der Waals surface area contributed by atoms with E-state index < -0.39 is 0 Å². The molecule has 86 valence electrons. The number of methoxy groups -OCH3 is 2. The minimum atomic E-state index is -0.198. The Morgan fingerprint density at radius 2 is 1.94 bits per heavy atom. The summed E-state index contributed by atoms with van der Waals surface area (Å²) in [6, 6.07) is 8.54. The Labute approximate surface area is 95.6 Å². The largest absolute Gasteiger partial charge is 0.354 e. The molecule has 0 radical (unpaired) electrons. The van der Waals surface area contributed by atoms with Crippen LogP contribution >= 0.6 is 0 Å². The maximum absolute atomic E-state index is 5.21. The molecule has 16 heavy (non-hydrogen) atoms. The summed E-state index contributed by atoms with van der Waals surface area (Å²) in [5.41, 5.74) is 2.48. The first-order valence-corrected chi connectivity index (χ1v) is 5.35. The molecule has 0 bridgehead atoms. The van der Waals surface area contributed by atoms with Crippen LogP contribution in [0.3, 0.4) is 0 Å². The number of ether oxygens (including phenoxy) is 2. The van der Waals surface area contributed by atoms with E-state index in [1.807, 2.05) is 0 Å². The molecule has 2 rings (SSSR count). The van der Waals surface area contributed by atoms with Crippen LogP contribution in [-0.4, -0.2) is 25.1 Å². The summed E-state index contributed by atoms with van der Waals surface area (Å²) >= 11 is 0. The molecule has 0 aliphatic heterocycles. The van der Waals surface area contributed by atoms with Crippen molar-refractivity contribution in [1.82, 2.24) is 4.57 Å². The lowest BCUT2D eigenvalue weighted by Gasteiger charge is -2.15. The van der Waals surface area contributed by atoms with Crippen molar-refractivity contribution >= 4 is 10.9 Å². The van der Waals surface area contributed by atoms with Gasteiger partial charge in [0, 0.05) is 25.9 Å². The molecule has 0 saturated heterocycles. The minimum Gasteiger partial charge on any atom is -0.354 e. The Morgan fingerprint density at radius 3 is 2.62 bits per heavy atom. The third-order valence-corrected chi connectivity index (χ3v) is 2.80. The Morgan fingerprint density at radius 1 is 1.19 bits per heavy atom. The zero-order valence-electron chi connectivity index (χ0n) is 9.93. The van der Waals surface area contributed by atoms with Gasteiger partial charge in [0.05, 0.1) is 6.54 Å². The van der Waals surface area contributed by atoms with Crippen LogP contribution in [-0.2, 0) is 16.0 Å². The monoisotopic (exact) mass is 219 g/mol. The van der Waals surface area contributed by atoms with Crippen molar-refractivity contribution in [2.24, 2.45) is 0 Å². The molecule has 0 N–H and O–H groups in total. The lowest BCUT2D eigenvalue weighted by atomic mass is 10.2. The molecule has 2 aromatic rings. The molecule has 0 saturated carbocycles. The SMILES string of the molecule is COC(Cn1ccc2ccc(C)cc21)OC. The quantitative estimate of drug-likeness (QED) is 0.738. The highest BCUT2D eigenvalue weighted by molar-refractivity contribution is 5.80. The smallest absolute Gasteiger partial charge is 0.174 e. The molecule has 0 amide bonds. The summed E-state index contributed by atoms with van der Waals surface area (Å²) in [5, 5.41) is 1.25. The van der Waals surface area contributed by atoms with Gasteiger partial charge in [0.2, 0.25) is 0 Å². The van der Waals surface area contributed by atoms with Crippen LogP contribution in [0.25, 0.3) is 10.9 Å². The second kappa shape index (κ2) is 4.68. The highest BCUT2D eigenvalue weighted by Crippen LogP contribution is 2.18. The second-order valence-electron chi connectivity index (χ2n) is 3.93. The zero-order valence-corrected chi connectivity index (χ0v) is 9.93. The first-order valence-electron chi connectivity index (χ1n) is 5.35. The molecule has 0 unspecified atom stereocenters. The van der Waals surface area contributed by atoms with E-state index in [1.165, 1.54) is 16.5 Å². The predicted molar refractivity (Wildman–Crippen MR) is 64.5 cm³/mol. The molecule has 1 heterocycles. The van der Waals surface area contributed by atoms with Crippen molar-refractivity contribution < 1.29 is 9.47 Å². The van der Waals surface area contributed by atoms with Crippen molar-refractivity contribution in [2.75, 3.05) is 14.2 Å². The van der Waals surface area contributed by atoms with Crippen LogP contribution in [0, 0.1) is 6.92 Å². The minimum absolute atomic E-state index is 0.198. The lowest BCUT2D eigenvalue weighted by Crippen LogP contribution is -2.19. The molecule has 1 aromatic carbocycles. The van der Waals surface area contributed by atoms with Gasteiger partial charge in [-0.1, -0.05) is 12.1 Å². The summed E-state index contributed by atoms with van der Waals surface area (Å²) < 4.78 is 12.6. The highest BCUT2D eigenvalue weighted by atomic mass is 16.7. The van der Waals surface area contributed by atoms with Gasteiger partial charge in [-0.2, -0.15) is 0 Å². The van der Waals surface area contributed by atoms with Crippen molar-refractivity contribution in [2.45, 2.75) is 19.8 Å². The molecule has 1 aromatic heterocycles. The number of hydrogen-bond donors (Lipinski definition) is 0. The molecule has 0 aliphatic rings. The topological polar surface area (TPSA) is 23.4 Å². The Bertz CT molecular complexity index is 472. The number of fused-ring (bicyclic) bond motifs is 1. The number of aromatic nitrogens is 1. The van der Waals surface area contributed by atoms with Crippen LogP contribution < -0.4 is 0 Å². The summed E-state index contributed by atoms with van der Waals surface area (Å²) in [5.74, 6) is 0. The van der Waals surface area contributed by atoms with Gasteiger partial charge in [0.1, 0.15) is 0 Å². The first kappa shape index (κ1) is 11.2. The van der Waals surface area contributed by atoms with E-state index in [9.17, 15) is 0 Å². The van der Waals surface area contributed by atoms with E-state index in [4.69, 9.17) is 9.47 Å². The van der Waals surface area contributed by atoms with Crippen molar-refractivity contribution in [3.63, 3.8) is 0 Å². The Hall–Kier alpha value is -1.32. The predicted octanol–water partition coefficient (Wildman–Crippen LogP) is 2.57. The summed E-state index contributed by atoms with van der Waals surface area (Å²) in [6.07, 6.45) is 1.87. The number of hydrogen-bond acceptors (Lipinski definition) is 2. The lowest BCUT2D eigenvalue weighted by molar-refractivity contribution is -0.110. The molecular weight excluding hydrogens is 202 g/mol. The molecular formula is C13H17NO2. The normalized spacial score (nSPS) is 11.5. The van der Waals surface area contributed by atoms with Gasteiger partial charge in [-0.15, -0.1) is 0 Å². The number of rotatable bonds is 4. The van der Waals surface area contributed by atoms with Gasteiger partial charge in [0.15, 0.2) is 6.29 Å². The Balaban J connectivity index is 2.33. The third-order valence-electron chi connectivity index (χ3n) is 2.80. The van der Waals surface area contributed by atoms with Crippen LogP contribution in [0.1, 0.15) is 5.56 Å². The van der Waals surface area contributed by atoms with Gasteiger partial charge < -0.3 is 14.0 Å². The summed E-state index contributed by atoms with van der Waals surface area (Å²) in [4.78, 5) is 0. The van der Waals surface area contributed by atoms with Crippen molar-refractivity contribution in [3.05, 3.63) is 36.0 Å². The zero-order chi connectivity index (χ0) is 11.5. The number of benzene rings is 1. The van der Waals surface area contributed by atoms with Gasteiger partial charge >= 0.3 is 0 Å². The van der Waals surface area contributed by atoms with Crippen LogP contribution in [0.5, 0.6) is 0 Å². The fraction of sp³-hybridized carbons (Fsp3) is 0.385. The van der Waals surface area contributed by atoms with Crippen molar-refractivity contribution in [1.29, 1.82) is 0 Å². The van der Waals surface area contributed by atoms with Crippen molar-refractivity contribution in [3.8, 4) is 0 Å². The van der Waals surface area contributed by atoms with Crippen LogP contribution in [0.2, 0.25) is 0 Å². The molecule has 3 nitrogen and oxygen atoms in total. The third kappa shape index (κ3) is 2.10. The van der Waals surface area contributed by atoms with E-state index in [-0.39, 0.29) is 6.29 Å². The van der Waals surface area contributed by atoms with Crippen LogP contribution in [0.15, 0.2) is 30.5 Å². The fourth-order valence-electron chi connectivity index (χ4n) is 1.86. The maximum Gasteiger partial charge on any atom is 0.174 e. The van der Waals surface area contributed by atoms with E-state index in [1.54, 1.807) is 14.2 Å². The highest BCUT2D eigenvalue weighted by Gasteiger charge is 2.08. The van der Waals surface area contributed by atoms with E-state index >= 15 is 0 Å². The summed E-state index contributed by atoms with van der Waals surface area (Å²) in [7, 11) is 3.32. The maximum atomic E-state index is 5.21. The Kier molecular flexibility index (Phi) is 3.27. The number of aryl methyl sites for hydroxylation is 1. The fourth-order valence-corrected chi connectivity index (χ4v) is 1.86. The van der Waals surface area contributed by atoms with Crippen LogP contribution in [0.4, 0.5) is 0 Å². The second-order valence-corrected chi connectivity index (χ2v) is 3.93. The molecule has 0 aliphatic carbocycles. The van der Waals surface area contributed by atoms with Gasteiger partial charge in [0.25, 0.3) is 0 Å². The van der Waals surface area contributed by atoms with E-state index in [0.29, 0.717) is 6.54 Å².